The summed E-state index contributed by atoms with van der Waals surface area (Å²) in [7, 11) is 0. The molecule has 1 N–H and O–H groups in total. The molecule has 0 bridgehead atoms. The van der Waals surface area contributed by atoms with Crippen molar-refractivity contribution in [1.82, 2.24) is 10.3 Å². The van der Waals surface area contributed by atoms with E-state index in [1.807, 2.05) is 54.6 Å². The molecule has 1 heterocycles. The number of nitrogens with zero attached hydrogens (tertiary/aromatic N) is 1. The lowest BCUT2D eigenvalue weighted by Gasteiger charge is -2.05. The molecule has 0 aliphatic carbocycles. The smallest absolute Gasteiger partial charge is 0.325 e. The molecule has 1 amide bonds. The van der Waals surface area contributed by atoms with E-state index in [0.29, 0.717) is 0 Å². The first kappa shape index (κ1) is 16.1. The minimum Gasteiger partial charge on any atom is -0.457 e. The van der Waals surface area contributed by atoms with Crippen molar-refractivity contribution in [2.75, 3.05) is 6.54 Å². The molecule has 6 heteroatoms. The summed E-state index contributed by atoms with van der Waals surface area (Å²) in [6.07, 6.45) is 0.242. The van der Waals surface area contributed by atoms with Crippen molar-refractivity contribution in [1.29, 1.82) is 0 Å². The number of amides is 1. The number of rotatable bonds is 6. The van der Waals surface area contributed by atoms with Crippen molar-refractivity contribution in [3.05, 3.63) is 65.2 Å². The van der Waals surface area contributed by atoms with E-state index in [0.717, 1.165) is 20.8 Å². The molecule has 1 aromatic heterocycles. The molecule has 5 nitrogen and oxygen atoms in total. The van der Waals surface area contributed by atoms with Crippen molar-refractivity contribution >= 4 is 33.4 Å². The van der Waals surface area contributed by atoms with E-state index in [4.69, 9.17) is 4.74 Å². The third-order valence-electron chi connectivity index (χ3n) is 3.33. The highest BCUT2D eigenvalue weighted by atomic mass is 32.1. The summed E-state index contributed by atoms with van der Waals surface area (Å²) >= 11 is 1.49. The molecule has 24 heavy (non-hydrogen) atoms. The molecule has 0 atom stereocenters. The van der Waals surface area contributed by atoms with Gasteiger partial charge in [0.25, 0.3) is 0 Å². The van der Waals surface area contributed by atoms with Gasteiger partial charge in [-0.1, -0.05) is 42.5 Å². The number of fused-ring (bicyclic) bond motifs is 1. The lowest BCUT2D eigenvalue weighted by molar-refractivity contribution is -0.145. The van der Waals surface area contributed by atoms with E-state index in [2.05, 4.69) is 10.3 Å². The Morgan fingerprint density at radius 2 is 1.79 bits per heavy atom. The average molecular weight is 340 g/mol. The van der Waals surface area contributed by atoms with E-state index in [1.165, 1.54) is 11.3 Å². The van der Waals surface area contributed by atoms with Crippen LogP contribution in [0, 0.1) is 0 Å². The number of benzene rings is 2. The number of hydrogen-bond donors (Lipinski definition) is 1. The van der Waals surface area contributed by atoms with Gasteiger partial charge in [-0.25, -0.2) is 4.98 Å². The van der Waals surface area contributed by atoms with E-state index in [-0.39, 0.29) is 25.5 Å². The molecule has 0 aliphatic heterocycles. The predicted octanol–water partition coefficient (Wildman–Crippen LogP) is 2.70. The summed E-state index contributed by atoms with van der Waals surface area (Å²) in [5, 5.41) is 3.30. The van der Waals surface area contributed by atoms with Crippen LogP contribution >= 0.6 is 11.3 Å². The summed E-state index contributed by atoms with van der Waals surface area (Å²) in [6.45, 7) is -0.0245. The second-order valence-corrected chi connectivity index (χ2v) is 6.29. The fourth-order valence-corrected chi connectivity index (χ4v) is 3.07. The molecule has 122 valence electrons. The van der Waals surface area contributed by atoms with Gasteiger partial charge in [-0.2, -0.15) is 0 Å². The third kappa shape index (κ3) is 4.39. The summed E-state index contributed by atoms with van der Waals surface area (Å²) in [5.74, 6) is -0.686. The summed E-state index contributed by atoms with van der Waals surface area (Å²) in [5.41, 5.74) is 1.79. The Balaban J connectivity index is 1.43. The van der Waals surface area contributed by atoms with Crippen molar-refractivity contribution in [2.24, 2.45) is 0 Å². The Bertz CT molecular complexity index is 813. The van der Waals surface area contributed by atoms with E-state index in [9.17, 15) is 9.59 Å². The van der Waals surface area contributed by atoms with Crippen LogP contribution in [0.3, 0.4) is 0 Å². The SMILES string of the molecule is O=C(Cc1ccccc1)NCC(=O)OCc1nc2ccccc2s1. The Labute approximate surface area is 143 Å². The van der Waals surface area contributed by atoms with Gasteiger partial charge in [0.2, 0.25) is 5.91 Å². The van der Waals surface area contributed by atoms with Crippen molar-refractivity contribution < 1.29 is 14.3 Å². The quantitative estimate of drug-likeness (QED) is 0.701. The van der Waals surface area contributed by atoms with E-state index in [1.54, 1.807) is 0 Å². The maximum absolute atomic E-state index is 11.8. The Hall–Kier alpha value is -2.73. The van der Waals surface area contributed by atoms with Gasteiger partial charge in [0.05, 0.1) is 16.6 Å². The zero-order valence-electron chi connectivity index (χ0n) is 12.9. The number of ether oxygens (including phenoxy) is 1. The maximum Gasteiger partial charge on any atom is 0.325 e. The molecule has 2 aromatic carbocycles. The van der Waals surface area contributed by atoms with Crippen LogP contribution in [0.1, 0.15) is 10.6 Å². The molecule has 0 saturated carbocycles. The number of thiazole rings is 1. The summed E-state index contributed by atoms with van der Waals surface area (Å²) < 4.78 is 6.21. The van der Waals surface area contributed by atoms with Crippen LogP contribution in [-0.2, 0) is 27.4 Å². The van der Waals surface area contributed by atoms with Gasteiger partial charge in [-0.15, -0.1) is 11.3 Å². The number of nitrogens with one attached hydrogen (secondary N) is 1. The number of aromatic nitrogens is 1. The fourth-order valence-electron chi connectivity index (χ4n) is 2.19. The molecule has 0 fully saturated rings. The molecular weight excluding hydrogens is 324 g/mol. The molecule has 0 radical (unpaired) electrons. The summed E-state index contributed by atoms with van der Waals surface area (Å²) in [4.78, 5) is 27.9. The van der Waals surface area contributed by atoms with Gasteiger partial charge >= 0.3 is 5.97 Å². The van der Waals surface area contributed by atoms with Crippen molar-refractivity contribution in [3.8, 4) is 0 Å². The maximum atomic E-state index is 11.8. The number of para-hydroxylation sites is 1. The number of hydrogen-bond acceptors (Lipinski definition) is 5. The zero-order chi connectivity index (χ0) is 16.8. The Kier molecular flexibility index (Phi) is 5.18. The van der Waals surface area contributed by atoms with Gasteiger partial charge in [-0.3, -0.25) is 9.59 Å². The number of esters is 1. The largest absolute Gasteiger partial charge is 0.457 e. The lowest BCUT2D eigenvalue weighted by atomic mass is 10.1. The number of carbonyl (C=O) groups is 2. The Morgan fingerprint density at radius 3 is 2.58 bits per heavy atom. The first-order valence-electron chi connectivity index (χ1n) is 7.51. The third-order valence-corrected chi connectivity index (χ3v) is 4.34. The van der Waals surface area contributed by atoms with Gasteiger partial charge in [-0.05, 0) is 17.7 Å². The van der Waals surface area contributed by atoms with Crippen LogP contribution < -0.4 is 5.32 Å². The topological polar surface area (TPSA) is 68.3 Å². The van der Waals surface area contributed by atoms with Crippen molar-refractivity contribution in [2.45, 2.75) is 13.0 Å². The molecule has 3 aromatic rings. The zero-order valence-corrected chi connectivity index (χ0v) is 13.7. The monoisotopic (exact) mass is 340 g/mol. The van der Waals surface area contributed by atoms with Gasteiger partial charge in [0.1, 0.15) is 18.2 Å². The predicted molar refractivity (Wildman–Crippen MR) is 92.6 cm³/mol. The Morgan fingerprint density at radius 1 is 1.04 bits per heavy atom. The van der Waals surface area contributed by atoms with Gasteiger partial charge in [0.15, 0.2) is 0 Å². The summed E-state index contributed by atoms with van der Waals surface area (Å²) in [6, 6.07) is 17.1. The highest BCUT2D eigenvalue weighted by Gasteiger charge is 2.09. The minimum absolute atomic E-state index is 0.118. The van der Waals surface area contributed by atoms with E-state index < -0.39 is 5.97 Å². The first-order valence-corrected chi connectivity index (χ1v) is 8.33. The number of carbonyl (C=O) groups excluding carboxylic acids is 2. The van der Waals surface area contributed by atoms with Gasteiger partial charge < -0.3 is 10.1 Å². The van der Waals surface area contributed by atoms with E-state index >= 15 is 0 Å². The standard InChI is InChI=1S/C18H16N2O3S/c21-16(10-13-6-2-1-3-7-13)19-11-18(22)23-12-17-20-14-8-4-5-9-15(14)24-17/h1-9H,10-12H2,(H,19,21). The second kappa shape index (κ2) is 7.70. The van der Waals surface area contributed by atoms with Crippen LogP contribution in [0.4, 0.5) is 0 Å². The van der Waals surface area contributed by atoms with Crippen molar-refractivity contribution in [3.63, 3.8) is 0 Å². The van der Waals surface area contributed by atoms with Crippen LogP contribution in [0.5, 0.6) is 0 Å². The molecular formula is C18H16N2O3S. The van der Waals surface area contributed by atoms with Crippen LogP contribution in [0.25, 0.3) is 10.2 Å². The molecule has 0 unspecified atom stereocenters. The second-order valence-electron chi connectivity index (χ2n) is 5.18. The van der Waals surface area contributed by atoms with Crippen LogP contribution in [-0.4, -0.2) is 23.4 Å². The lowest BCUT2D eigenvalue weighted by Crippen LogP contribution is -2.31. The van der Waals surface area contributed by atoms with Gasteiger partial charge in [0, 0.05) is 0 Å². The molecule has 0 aliphatic rings. The molecule has 3 rings (SSSR count). The minimum atomic E-state index is -0.476. The van der Waals surface area contributed by atoms with Crippen LogP contribution in [0.15, 0.2) is 54.6 Å². The molecule has 0 spiro atoms. The molecule has 0 saturated heterocycles. The average Bonchev–Trinajstić information content (AvgIpc) is 3.02. The first-order chi connectivity index (χ1) is 11.7. The normalized spacial score (nSPS) is 10.5. The highest BCUT2D eigenvalue weighted by molar-refractivity contribution is 7.18. The van der Waals surface area contributed by atoms with Crippen LogP contribution in [0.2, 0.25) is 0 Å². The fraction of sp³-hybridized carbons (Fsp3) is 0.167. The highest BCUT2D eigenvalue weighted by Crippen LogP contribution is 2.21.